The van der Waals surface area contributed by atoms with E-state index in [1.165, 1.54) is 12.1 Å². The lowest BCUT2D eigenvalue weighted by atomic mass is 9.78. The molecular formula is C42H50N8O5. The lowest BCUT2D eigenvalue weighted by molar-refractivity contribution is -0.142. The number of aromatic amines is 2. The standard InChI is InChI=1S/C42H50N8O5/c1-23(2)36(47-42(54)55-4)41(53)49-18-5-6-33(49)37-43-21-31(45-37)27-11-7-25(8-12-27)26-9-13-28(14-10-26)32-22-44-38(46-32)34-29-15-16-30(20-29)35(34)39(51)48-50-19-17-24(3)40(50)52/h7-14,21-24,29-30,33-36H,5-6,15-20H2,1-4H3,(H,43,45)(H,44,46)(H,47,54)(H,48,51)/t24-,29+,30-,33+,34-,35-,36?/m1/s1. The third-order valence-corrected chi connectivity index (χ3v) is 12.4. The highest BCUT2D eigenvalue weighted by atomic mass is 16.5. The number of hydrazine groups is 1. The molecule has 55 heavy (non-hydrogen) atoms. The van der Waals surface area contributed by atoms with Crippen molar-refractivity contribution in [1.82, 2.24) is 40.6 Å². The first-order valence-corrected chi connectivity index (χ1v) is 19.7. The van der Waals surface area contributed by atoms with Gasteiger partial charge in [-0.3, -0.25) is 24.8 Å². The average molecular weight is 747 g/mol. The normalized spacial score (nSPS) is 25.1. The van der Waals surface area contributed by atoms with Crippen molar-refractivity contribution in [1.29, 1.82) is 0 Å². The molecule has 7 atom stereocenters. The number of H-pyrrole nitrogens is 2. The number of hydrogen-bond acceptors (Lipinski definition) is 7. The van der Waals surface area contributed by atoms with Crippen molar-refractivity contribution in [3.05, 3.63) is 72.6 Å². The van der Waals surface area contributed by atoms with Gasteiger partial charge in [-0.1, -0.05) is 69.3 Å². The van der Waals surface area contributed by atoms with E-state index in [-0.39, 0.29) is 47.4 Å². The van der Waals surface area contributed by atoms with Crippen molar-refractivity contribution in [2.45, 2.75) is 77.3 Å². The Kier molecular flexibility index (Phi) is 9.95. The highest BCUT2D eigenvalue weighted by Gasteiger charge is 2.53. The molecule has 2 aliphatic carbocycles. The third-order valence-electron chi connectivity index (χ3n) is 12.4. The van der Waals surface area contributed by atoms with Crippen molar-refractivity contribution >= 4 is 23.8 Å². The fourth-order valence-electron chi connectivity index (χ4n) is 9.39. The van der Waals surface area contributed by atoms with Gasteiger partial charge < -0.3 is 24.9 Å². The van der Waals surface area contributed by atoms with Crippen LogP contribution in [0.4, 0.5) is 4.79 Å². The molecule has 288 valence electrons. The number of rotatable bonds is 10. The summed E-state index contributed by atoms with van der Waals surface area (Å²) in [4.78, 5) is 69.9. The van der Waals surface area contributed by atoms with Crippen LogP contribution in [0.25, 0.3) is 33.6 Å². The molecule has 13 heteroatoms. The van der Waals surface area contributed by atoms with E-state index in [1.54, 1.807) is 0 Å². The summed E-state index contributed by atoms with van der Waals surface area (Å²) in [6.07, 6.45) is 8.63. The van der Waals surface area contributed by atoms with Crippen molar-refractivity contribution in [2.24, 2.45) is 29.6 Å². The van der Waals surface area contributed by atoms with Gasteiger partial charge in [0, 0.05) is 24.9 Å². The van der Waals surface area contributed by atoms with Crippen LogP contribution < -0.4 is 10.7 Å². The van der Waals surface area contributed by atoms with Crippen molar-refractivity contribution in [2.75, 3.05) is 20.2 Å². The minimum atomic E-state index is -0.681. The Balaban J connectivity index is 0.923. The number of likely N-dealkylation sites (tertiary alicyclic amines) is 1. The van der Waals surface area contributed by atoms with Gasteiger partial charge in [0.2, 0.25) is 17.7 Å². The molecule has 4 aromatic rings. The smallest absolute Gasteiger partial charge is 0.407 e. The Morgan fingerprint density at radius 3 is 2.02 bits per heavy atom. The quantitative estimate of drug-likeness (QED) is 0.150. The summed E-state index contributed by atoms with van der Waals surface area (Å²) in [7, 11) is 1.29. The van der Waals surface area contributed by atoms with Crippen LogP contribution in [0.2, 0.25) is 0 Å². The monoisotopic (exact) mass is 746 g/mol. The Morgan fingerprint density at radius 2 is 1.42 bits per heavy atom. The summed E-state index contributed by atoms with van der Waals surface area (Å²) < 4.78 is 4.76. The van der Waals surface area contributed by atoms with Gasteiger partial charge in [-0.05, 0) is 78.5 Å². The van der Waals surface area contributed by atoms with E-state index in [4.69, 9.17) is 9.72 Å². The molecule has 2 saturated carbocycles. The molecule has 4 heterocycles. The number of imidazole rings is 2. The largest absolute Gasteiger partial charge is 0.453 e. The second-order valence-electron chi connectivity index (χ2n) is 16.1. The van der Waals surface area contributed by atoms with E-state index in [0.29, 0.717) is 24.9 Å². The average Bonchev–Trinajstić information content (AvgIpc) is 4.06. The molecule has 4 aliphatic rings. The molecule has 0 radical (unpaired) electrons. The predicted octanol–water partition coefficient (Wildman–Crippen LogP) is 6.21. The summed E-state index contributed by atoms with van der Waals surface area (Å²) in [5.74, 6) is 1.78. The van der Waals surface area contributed by atoms with E-state index in [1.807, 2.05) is 38.1 Å². The molecule has 2 bridgehead atoms. The van der Waals surface area contributed by atoms with Gasteiger partial charge in [-0.15, -0.1) is 0 Å². The van der Waals surface area contributed by atoms with Crippen LogP contribution in [0.3, 0.4) is 0 Å². The first-order chi connectivity index (χ1) is 26.6. The molecule has 4 fully saturated rings. The maximum Gasteiger partial charge on any atom is 0.407 e. The number of ether oxygens (including phenoxy) is 1. The maximum atomic E-state index is 13.6. The molecular weight excluding hydrogens is 697 g/mol. The highest BCUT2D eigenvalue weighted by Crippen LogP contribution is 2.56. The number of carbonyl (C=O) groups excluding carboxylic acids is 4. The van der Waals surface area contributed by atoms with Gasteiger partial charge in [0.25, 0.3) is 0 Å². The zero-order valence-corrected chi connectivity index (χ0v) is 31.9. The van der Waals surface area contributed by atoms with Crippen molar-refractivity contribution in [3.63, 3.8) is 0 Å². The fraction of sp³-hybridized carbons (Fsp3) is 0.476. The van der Waals surface area contributed by atoms with Crippen LogP contribution in [0.15, 0.2) is 60.9 Å². The third kappa shape index (κ3) is 7.00. The second-order valence-corrected chi connectivity index (χ2v) is 16.1. The van der Waals surface area contributed by atoms with Crippen LogP contribution >= 0.6 is 0 Å². The summed E-state index contributed by atoms with van der Waals surface area (Å²) in [6, 6.07) is 15.8. The molecule has 8 rings (SSSR count). The topological polar surface area (TPSA) is 165 Å². The number of amides is 4. The van der Waals surface area contributed by atoms with Gasteiger partial charge in [0.05, 0.1) is 42.9 Å². The molecule has 4 N–H and O–H groups in total. The molecule has 2 aromatic carbocycles. The summed E-state index contributed by atoms with van der Waals surface area (Å²) in [5, 5.41) is 4.21. The van der Waals surface area contributed by atoms with Crippen LogP contribution in [-0.4, -0.2) is 79.9 Å². The Labute approximate surface area is 321 Å². The van der Waals surface area contributed by atoms with E-state index in [9.17, 15) is 19.2 Å². The number of fused-ring (bicyclic) bond motifs is 2. The Hall–Kier alpha value is -5.46. The van der Waals surface area contributed by atoms with Gasteiger partial charge >= 0.3 is 6.09 Å². The van der Waals surface area contributed by atoms with Gasteiger partial charge in [0.1, 0.15) is 17.7 Å². The molecule has 0 spiro atoms. The van der Waals surface area contributed by atoms with Gasteiger partial charge in [-0.2, -0.15) is 0 Å². The van der Waals surface area contributed by atoms with Crippen LogP contribution in [0.5, 0.6) is 0 Å². The number of carbonyl (C=O) groups is 4. The first kappa shape index (κ1) is 36.5. The summed E-state index contributed by atoms with van der Waals surface area (Å²) in [5.41, 5.74) is 8.91. The minimum Gasteiger partial charge on any atom is -0.453 e. The minimum absolute atomic E-state index is 0.00445. The van der Waals surface area contributed by atoms with Crippen LogP contribution in [0, 0.1) is 29.6 Å². The zero-order valence-electron chi connectivity index (χ0n) is 31.9. The van der Waals surface area contributed by atoms with E-state index in [2.05, 4.69) is 74.2 Å². The summed E-state index contributed by atoms with van der Waals surface area (Å²) >= 11 is 0. The second kappa shape index (κ2) is 15.0. The number of nitrogens with one attached hydrogen (secondary N) is 4. The molecule has 2 saturated heterocycles. The van der Waals surface area contributed by atoms with Crippen molar-refractivity contribution < 1.29 is 23.9 Å². The number of alkyl carbamates (subject to hydrolysis) is 1. The predicted molar refractivity (Wildman–Crippen MR) is 206 cm³/mol. The number of hydrogen-bond donors (Lipinski definition) is 4. The lowest BCUT2D eigenvalue weighted by Crippen LogP contribution is -2.51. The molecule has 4 amide bonds. The first-order valence-electron chi connectivity index (χ1n) is 19.7. The van der Waals surface area contributed by atoms with E-state index >= 15 is 0 Å². The molecule has 1 unspecified atom stereocenters. The van der Waals surface area contributed by atoms with Gasteiger partial charge in [-0.25, -0.2) is 14.8 Å². The van der Waals surface area contributed by atoms with E-state index in [0.717, 1.165) is 83.8 Å². The lowest BCUT2D eigenvalue weighted by Gasteiger charge is -2.30. The van der Waals surface area contributed by atoms with Gasteiger partial charge in [0.15, 0.2) is 0 Å². The molecule has 13 nitrogen and oxygen atoms in total. The van der Waals surface area contributed by atoms with Crippen LogP contribution in [0.1, 0.15) is 82.9 Å². The number of methoxy groups -OCH3 is 1. The SMILES string of the molecule is COC(=O)NC(C(=O)N1CCC[C@H]1c1ncc(-c2ccc(-c3ccc(-c4cnc([C@@H]5[C@H]6CC[C@H](C6)[C@H]5C(=O)NN5CC[C@@H](C)C5=O)[nH]4)cc3)cc2)[nH]1)C(C)C. The van der Waals surface area contributed by atoms with E-state index < -0.39 is 12.1 Å². The van der Waals surface area contributed by atoms with Crippen LogP contribution in [-0.2, 0) is 19.1 Å². The Bertz CT molecular complexity index is 2060. The molecule has 2 aliphatic heterocycles. The summed E-state index contributed by atoms with van der Waals surface area (Å²) in [6.45, 7) is 6.89. The number of benzene rings is 2. The molecule has 2 aromatic heterocycles. The Morgan fingerprint density at radius 1 is 0.818 bits per heavy atom. The maximum absolute atomic E-state index is 13.6. The number of aromatic nitrogens is 4. The fourth-order valence-corrected chi connectivity index (χ4v) is 9.39. The number of nitrogens with zero attached hydrogens (tertiary/aromatic N) is 4. The highest BCUT2D eigenvalue weighted by molar-refractivity contribution is 5.87. The van der Waals surface area contributed by atoms with Crippen molar-refractivity contribution in [3.8, 4) is 33.6 Å². The zero-order chi connectivity index (χ0) is 38.4.